The quantitative estimate of drug-likeness (QED) is 0.305. The van der Waals surface area contributed by atoms with Crippen LogP contribution in [0.3, 0.4) is 0 Å². The maximum absolute atomic E-state index is 6.69. The third kappa shape index (κ3) is 3.03. The largest absolute Gasteiger partial charge is 0.351 e. The van der Waals surface area contributed by atoms with Crippen molar-refractivity contribution in [2.24, 2.45) is 5.73 Å². The second-order valence-corrected chi connectivity index (χ2v) is 2.20. The summed E-state index contributed by atoms with van der Waals surface area (Å²) in [5.41, 5.74) is 5.86. The molecule has 4 heteroatoms. The minimum atomic E-state index is -0.439. The molecule has 0 saturated carbocycles. The molecular weight excluding hydrogens is 156 g/mol. The Kier molecular flexibility index (Phi) is 3.10. The van der Waals surface area contributed by atoms with Crippen LogP contribution in [0.2, 0.25) is 0 Å². The number of benzene rings is 1. The second kappa shape index (κ2) is 4.35. The molecule has 0 saturated heterocycles. The molecule has 0 aliphatic carbocycles. The predicted molar refractivity (Wildman–Crippen MR) is 44.2 cm³/mol. The Balaban J connectivity index is 2.29. The van der Waals surface area contributed by atoms with Crippen LogP contribution >= 0.6 is 0 Å². The lowest BCUT2D eigenvalue weighted by Crippen LogP contribution is -2.14. The topological polar surface area (TPSA) is 68.3 Å². The number of rotatable bonds is 3. The van der Waals surface area contributed by atoms with E-state index in [9.17, 15) is 0 Å². The summed E-state index contributed by atoms with van der Waals surface area (Å²) in [6, 6.07) is 9.05. The van der Waals surface area contributed by atoms with Gasteiger partial charge in [0.15, 0.2) is 0 Å². The maximum Gasteiger partial charge on any atom is 0.317 e. The van der Waals surface area contributed by atoms with E-state index in [1.807, 2.05) is 30.3 Å². The molecule has 0 aromatic heterocycles. The molecule has 0 bridgehead atoms. The normalized spacial score (nSPS) is 9.33. The highest BCUT2D eigenvalue weighted by Crippen LogP contribution is 1.99. The first-order chi connectivity index (χ1) is 5.79. The minimum Gasteiger partial charge on any atom is -0.351 e. The number of hydrogen-bond acceptors (Lipinski definition) is 3. The third-order valence-electron chi connectivity index (χ3n) is 1.22. The Morgan fingerprint density at radius 1 is 1.33 bits per heavy atom. The third-order valence-corrected chi connectivity index (χ3v) is 1.22. The standard InChI is InChI=1S/C8H10N2O2/c9-8(10)12-11-6-7-4-2-1-3-5-7/h1-5H,6H2,(H3,9,10). The van der Waals surface area contributed by atoms with E-state index in [1.165, 1.54) is 0 Å². The van der Waals surface area contributed by atoms with E-state index >= 15 is 0 Å². The second-order valence-electron chi connectivity index (χ2n) is 2.20. The van der Waals surface area contributed by atoms with E-state index in [4.69, 9.17) is 11.1 Å². The number of nitrogens with two attached hydrogens (primary N) is 1. The van der Waals surface area contributed by atoms with E-state index < -0.39 is 6.02 Å². The molecule has 0 aliphatic rings. The van der Waals surface area contributed by atoms with Crippen LogP contribution in [0.1, 0.15) is 5.56 Å². The predicted octanol–water partition coefficient (Wildman–Crippen LogP) is 1.03. The van der Waals surface area contributed by atoms with Crippen LogP contribution in [0.4, 0.5) is 0 Å². The number of amidine groups is 1. The highest BCUT2D eigenvalue weighted by Gasteiger charge is 1.92. The van der Waals surface area contributed by atoms with Gasteiger partial charge in [0.25, 0.3) is 0 Å². The Bertz CT molecular complexity index is 248. The summed E-state index contributed by atoms with van der Waals surface area (Å²) in [7, 11) is 0. The first-order valence-electron chi connectivity index (χ1n) is 3.46. The first-order valence-corrected chi connectivity index (χ1v) is 3.46. The Morgan fingerprint density at radius 3 is 2.58 bits per heavy atom. The molecule has 64 valence electrons. The van der Waals surface area contributed by atoms with Crippen LogP contribution in [0.15, 0.2) is 30.3 Å². The molecule has 1 aromatic rings. The fourth-order valence-electron chi connectivity index (χ4n) is 0.735. The van der Waals surface area contributed by atoms with Crippen molar-refractivity contribution >= 4 is 6.02 Å². The summed E-state index contributed by atoms with van der Waals surface area (Å²) in [5, 5.41) is 6.69. The van der Waals surface area contributed by atoms with E-state index in [1.54, 1.807) is 0 Å². The van der Waals surface area contributed by atoms with Crippen molar-refractivity contribution in [1.82, 2.24) is 0 Å². The van der Waals surface area contributed by atoms with Crippen molar-refractivity contribution in [2.75, 3.05) is 0 Å². The summed E-state index contributed by atoms with van der Waals surface area (Å²) in [5.74, 6) is 0. The molecule has 12 heavy (non-hydrogen) atoms. The van der Waals surface area contributed by atoms with Gasteiger partial charge in [0.05, 0.1) is 0 Å². The molecule has 0 aliphatic heterocycles. The highest BCUT2D eigenvalue weighted by molar-refractivity contribution is 5.66. The zero-order chi connectivity index (χ0) is 8.81. The minimum absolute atomic E-state index is 0.292. The van der Waals surface area contributed by atoms with Gasteiger partial charge in [0.1, 0.15) is 6.61 Å². The lowest BCUT2D eigenvalue weighted by atomic mass is 10.2. The zero-order valence-electron chi connectivity index (χ0n) is 6.49. The van der Waals surface area contributed by atoms with Gasteiger partial charge in [-0.2, -0.15) is 4.89 Å². The summed E-state index contributed by atoms with van der Waals surface area (Å²) < 4.78 is 0. The molecule has 0 fully saturated rings. The number of nitrogens with one attached hydrogen (secondary N) is 1. The number of hydrogen-bond donors (Lipinski definition) is 2. The molecule has 0 spiro atoms. The average Bonchev–Trinajstić information content (AvgIpc) is 2.05. The molecule has 0 unspecified atom stereocenters. The molecule has 1 rings (SSSR count). The van der Waals surface area contributed by atoms with Gasteiger partial charge >= 0.3 is 6.02 Å². The van der Waals surface area contributed by atoms with Gasteiger partial charge in [-0.3, -0.25) is 4.89 Å². The monoisotopic (exact) mass is 166 g/mol. The van der Waals surface area contributed by atoms with Crippen molar-refractivity contribution in [3.8, 4) is 0 Å². The zero-order valence-corrected chi connectivity index (χ0v) is 6.49. The average molecular weight is 166 g/mol. The summed E-state index contributed by atoms with van der Waals surface area (Å²) in [6.07, 6.45) is 0. The molecule has 0 atom stereocenters. The lowest BCUT2D eigenvalue weighted by molar-refractivity contribution is -0.234. The highest BCUT2D eigenvalue weighted by atomic mass is 17.2. The maximum atomic E-state index is 6.69. The van der Waals surface area contributed by atoms with Gasteiger partial charge in [-0.25, -0.2) is 5.41 Å². The SMILES string of the molecule is N=C(N)OOCc1ccccc1. The van der Waals surface area contributed by atoms with Crippen LogP contribution in [0, 0.1) is 5.41 Å². The van der Waals surface area contributed by atoms with Crippen LogP contribution in [-0.2, 0) is 16.4 Å². The Hall–Kier alpha value is -1.55. The van der Waals surface area contributed by atoms with E-state index in [-0.39, 0.29) is 0 Å². The van der Waals surface area contributed by atoms with Crippen molar-refractivity contribution in [3.63, 3.8) is 0 Å². The van der Waals surface area contributed by atoms with E-state index in [2.05, 4.69) is 9.78 Å². The first kappa shape index (κ1) is 8.55. The van der Waals surface area contributed by atoms with Crippen LogP contribution in [0.25, 0.3) is 0 Å². The van der Waals surface area contributed by atoms with E-state index in [0.717, 1.165) is 5.56 Å². The van der Waals surface area contributed by atoms with Crippen LogP contribution in [0.5, 0.6) is 0 Å². The molecule has 4 nitrogen and oxygen atoms in total. The van der Waals surface area contributed by atoms with Gasteiger partial charge in [-0.1, -0.05) is 30.3 Å². The van der Waals surface area contributed by atoms with Crippen molar-refractivity contribution < 1.29 is 9.78 Å². The molecule has 0 radical (unpaired) electrons. The Labute approximate surface area is 70.3 Å². The molecule has 3 N–H and O–H groups in total. The van der Waals surface area contributed by atoms with Gasteiger partial charge in [0.2, 0.25) is 0 Å². The smallest absolute Gasteiger partial charge is 0.317 e. The Morgan fingerprint density at radius 2 is 2.00 bits per heavy atom. The van der Waals surface area contributed by atoms with E-state index in [0.29, 0.717) is 6.61 Å². The summed E-state index contributed by atoms with van der Waals surface area (Å²) >= 11 is 0. The summed E-state index contributed by atoms with van der Waals surface area (Å²) in [6.45, 7) is 0.292. The van der Waals surface area contributed by atoms with Gasteiger partial charge in [0, 0.05) is 0 Å². The lowest BCUT2D eigenvalue weighted by Gasteiger charge is -2.01. The fourth-order valence-corrected chi connectivity index (χ4v) is 0.735. The molecule has 0 amide bonds. The van der Waals surface area contributed by atoms with Crippen molar-refractivity contribution in [1.29, 1.82) is 5.41 Å². The van der Waals surface area contributed by atoms with Crippen molar-refractivity contribution in [2.45, 2.75) is 6.61 Å². The molecular formula is C8H10N2O2. The molecule has 0 heterocycles. The van der Waals surface area contributed by atoms with Crippen molar-refractivity contribution in [3.05, 3.63) is 35.9 Å². The molecule has 1 aromatic carbocycles. The van der Waals surface area contributed by atoms with Crippen LogP contribution < -0.4 is 5.73 Å². The summed E-state index contributed by atoms with van der Waals surface area (Å²) in [4.78, 5) is 8.94. The van der Waals surface area contributed by atoms with Gasteiger partial charge in [-0.15, -0.1) is 0 Å². The van der Waals surface area contributed by atoms with Gasteiger partial charge in [-0.05, 0) is 5.56 Å². The van der Waals surface area contributed by atoms with Gasteiger partial charge < -0.3 is 5.73 Å². The van der Waals surface area contributed by atoms with Crippen LogP contribution in [-0.4, -0.2) is 6.02 Å². The fraction of sp³-hybridized carbons (Fsp3) is 0.125.